The number of hydrogen-bond donors (Lipinski definition) is 1. The molecule has 1 saturated carbocycles. The van der Waals surface area contributed by atoms with Crippen molar-refractivity contribution in [3.05, 3.63) is 11.7 Å². The number of nitrogens with one attached hydrogen (secondary N) is 1. The van der Waals surface area contributed by atoms with Gasteiger partial charge in [0.15, 0.2) is 5.82 Å². The van der Waals surface area contributed by atoms with Gasteiger partial charge in [0.1, 0.15) is 0 Å². The third-order valence-electron chi connectivity index (χ3n) is 3.70. The van der Waals surface area contributed by atoms with Gasteiger partial charge in [0, 0.05) is 45.6 Å². The summed E-state index contributed by atoms with van der Waals surface area (Å²) in [5.74, 6) is 2.44. The molecule has 94 valence electrons. The van der Waals surface area contributed by atoms with Crippen LogP contribution in [0.5, 0.6) is 0 Å². The number of hydrogen-bond acceptors (Lipinski definition) is 5. The Kier molecular flexibility index (Phi) is 3.11. The summed E-state index contributed by atoms with van der Waals surface area (Å²) in [6, 6.07) is 0.718. The first kappa shape index (κ1) is 11.2. The molecule has 0 aromatic carbocycles. The van der Waals surface area contributed by atoms with Gasteiger partial charge in [-0.1, -0.05) is 5.16 Å². The minimum atomic E-state index is 0.663. The summed E-state index contributed by atoms with van der Waals surface area (Å²) in [6.45, 7) is 6.32. The predicted molar refractivity (Wildman–Crippen MR) is 63.7 cm³/mol. The highest BCUT2D eigenvalue weighted by Gasteiger charge is 2.33. The largest absolute Gasteiger partial charge is 0.340 e. The molecule has 2 heterocycles. The maximum atomic E-state index is 4.98. The molecule has 1 aromatic rings. The Balaban J connectivity index is 1.47. The van der Waals surface area contributed by atoms with Crippen LogP contribution in [0.2, 0.25) is 0 Å². The third kappa shape index (κ3) is 2.84. The van der Waals surface area contributed by atoms with Gasteiger partial charge in [0.05, 0.1) is 0 Å². The smallest absolute Gasteiger partial charge is 0.223 e. The molecule has 3 rings (SSSR count). The molecule has 0 spiro atoms. The van der Waals surface area contributed by atoms with Crippen LogP contribution < -0.4 is 5.32 Å². The quantitative estimate of drug-likeness (QED) is 0.830. The summed E-state index contributed by atoms with van der Waals surface area (Å²) in [5, 5.41) is 7.56. The summed E-state index contributed by atoms with van der Waals surface area (Å²) in [5.41, 5.74) is 0. The monoisotopic (exact) mass is 236 g/mol. The summed E-state index contributed by atoms with van der Waals surface area (Å²) < 4.78 is 4.98. The van der Waals surface area contributed by atoms with Crippen LogP contribution in [0, 0.1) is 12.8 Å². The van der Waals surface area contributed by atoms with E-state index in [2.05, 4.69) is 20.4 Å². The van der Waals surface area contributed by atoms with E-state index >= 15 is 0 Å². The molecule has 17 heavy (non-hydrogen) atoms. The first-order valence-corrected chi connectivity index (χ1v) is 6.56. The van der Waals surface area contributed by atoms with Gasteiger partial charge in [-0.3, -0.25) is 0 Å². The van der Waals surface area contributed by atoms with Crippen molar-refractivity contribution in [2.45, 2.75) is 32.2 Å². The van der Waals surface area contributed by atoms with E-state index in [0.717, 1.165) is 43.8 Å². The maximum absolute atomic E-state index is 4.98. The molecular weight excluding hydrogens is 216 g/mol. The SMILES string of the molecule is Cc1nc(CCN2CCNC(C3CC3)C2)no1. The van der Waals surface area contributed by atoms with Crippen molar-refractivity contribution in [3.63, 3.8) is 0 Å². The van der Waals surface area contributed by atoms with Crippen molar-refractivity contribution in [3.8, 4) is 0 Å². The molecule has 1 aliphatic carbocycles. The van der Waals surface area contributed by atoms with Gasteiger partial charge in [0.25, 0.3) is 0 Å². The summed E-state index contributed by atoms with van der Waals surface area (Å²) in [4.78, 5) is 6.76. The van der Waals surface area contributed by atoms with Crippen molar-refractivity contribution >= 4 is 0 Å². The number of rotatable bonds is 4. The van der Waals surface area contributed by atoms with E-state index in [1.807, 2.05) is 6.92 Å². The van der Waals surface area contributed by atoms with E-state index in [9.17, 15) is 0 Å². The predicted octanol–water partition coefficient (Wildman–Crippen LogP) is 0.604. The van der Waals surface area contributed by atoms with E-state index in [1.54, 1.807) is 0 Å². The first-order chi connectivity index (χ1) is 8.31. The second kappa shape index (κ2) is 4.74. The van der Waals surface area contributed by atoms with Gasteiger partial charge in [0.2, 0.25) is 5.89 Å². The van der Waals surface area contributed by atoms with Gasteiger partial charge in [-0.2, -0.15) is 4.98 Å². The molecule has 2 fully saturated rings. The van der Waals surface area contributed by atoms with E-state index in [1.165, 1.54) is 19.4 Å². The fourth-order valence-corrected chi connectivity index (χ4v) is 2.56. The highest BCUT2D eigenvalue weighted by atomic mass is 16.5. The normalized spacial score (nSPS) is 26.3. The Morgan fingerprint density at radius 1 is 1.47 bits per heavy atom. The van der Waals surface area contributed by atoms with E-state index in [0.29, 0.717) is 5.89 Å². The van der Waals surface area contributed by atoms with Crippen molar-refractivity contribution in [2.24, 2.45) is 5.92 Å². The van der Waals surface area contributed by atoms with Gasteiger partial charge in [-0.05, 0) is 18.8 Å². The fourth-order valence-electron chi connectivity index (χ4n) is 2.56. The lowest BCUT2D eigenvalue weighted by Gasteiger charge is -2.33. The van der Waals surface area contributed by atoms with Crippen LogP contribution in [0.1, 0.15) is 24.6 Å². The minimum Gasteiger partial charge on any atom is -0.340 e. The first-order valence-electron chi connectivity index (χ1n) is 6.56. The number of nitrogens with zero attached hydrogens (tertiary/aromatic N) is 3. The van der Waals surface area contributed by atoms with Crippen LogP contribution >= 0.6 is 0 Å². The van der Waals surface area contributed by atoms with Crippen LogP contribution in [-0.4, -0.2) is 47.3 Å². The Morgan fingerprint density at radius 2 is 2.35 bits per heavy atom. The van der Waals surface area contributed by atoms with Crippen molar-refractivity contribution < 1.29 is 4.52 Å². The molecule has 0 amide bonds. The Hall–Kier alpha value is -0.940. The molecule has 5 nitrogen and oxygen atoms in total. The van der Waals surface area contributed by atoms with Gasteiger partial charge in [-0.15, -0.1) is 0 Å². The van der Waals surface area contributed by atoms with Crippen LogP contribution in [0.15, 0.2) is 4.52 Å². The highest BCUT2D eigenvalue weighted by molar-refractivity contribution is 4.92. The lowest BCUT2D eigenvalue weighted by atomic mass is 10.1. The molecule has 1 unspecified atom stereocenters. The molecule has 0 radical (unpaired) electrons. The lowest BCUT2D eigenvalue weighted by Crippen LogP contribution is -2.52. The van der Waals surface area contributed by atoms with E-state index in [-0.39, 0.29) is 0 Å². The second-order valence-corrected chi connectivity index (χ2v) is 5.18. The lowest BCUT2D eigenvalue weighted by molar-refractivity contribution is 0.189. The number of aromatic nitrogens is 2. The molecule has 5 heteroatoms. The van der Waals surface area contributed by atoms with Gasteiger partial charge in [-0.25, -0.2) is 0 Å². The number of aryl methyl sites for hydroxylation is 1. The topological polar surface area (TPSA) is 54.2 Å². The average Bonchev–Trinajstić information content (AvgIpc) is 3.11. The zero-order valence-electron chi connectivity index (χ0n) is 10.4. The number of piperazine rings is 1. The standard InChI is InChI=1S/C12H20N4O/c1-9-14-12(15-17-9)4-6-16-7-5-13-11(8-16)10-2-3-10/h10-11,13H,2-8H2,1H3. The molecular formula is C12H20N4O. The molecule has 1 saturated heterocycles. The van der Waals surface area contributed by atoms with Crippen LogP contribution in [0.25, 0.3) is 0 Å². The van der Waals surface area contributed by atoms with Gasteiger partial charge < -0.3 is 14.7 Å². The Morgan fingerprint density at radius 3 is 3.06 bits per heavy atom. The van der Waals surface area contributed by atoms with Crippen LogP contribution in [0.4, 0.5) is 0 Å². The van der Waals surface area contributed by atoms with Crippen molar-refractivity contribution in [2.75, 3.05) is 26.2 Å². The molecule has 2 aliphatic rings. The summed E-state index contributed by atoms with van der Waals surface area (Å²) in [7, 11) is 0. The minimum absolute atomic E-state index is 0.663. The van der Waals surface area contributed by atoms with Crippen molar-refractivity contribution in [1.82, 2.24) is 20.4 Å². The molecule has 1 aliphatic heterocycles. The second-order valence-electron chi connectivity index (χ2n) is 5.18. The van der Waals surface area contributed by atoms with E-state index < -0.39 is 0 Å². The highest BCUT2D eigenvalue weighted by Crippen LogP contribution is 2.33. The summed E-state index contributed by atoms with van der Waals surface area (Å²) in [6.07, 6.45) is 3.72. The fraction of sp³-hybridized carbons (Fsp3) is 0.833. The zero-order chi connectivity index (χ0) is 11.7. The molecule has 1 aromatic heterocycles. The average molecular weight is 236 g/mol. The molecule has 0 bridgehead atoms. The van der Waals surface area contributed by atoms with Crippen molar-refractivity contribution in [1.29, 1.82) is 0 Å². The van der Waals surface area contributed by atoms with E-state index in [4.69, 9.17) is 4.52 Å². The Labute approximate surface area is 102 Å². The van der Waals surface area contributed by atoms with Crippen LogP contribution in [0.3, 0.4) is 0 Å². The zero-order valence-corrected chi connectivity index (χ0v) is 10.4. The Bertz CT molecular complexity index is 374. The van der Waals surface area contributed by atoms with Crippen LogP contribution in [-0.2, 0) is 6.42 Å². The third-order valence-corrected chi connectivity index (χ3v) is 3.70. The summed E-state index contributed by atoms with van der Waals surface area (Å²) >= 11 is 0. The molecule has 1 N–H and O–H groups in total. The molecule has 1 atom stereocenters. The maximum Gasteiger partial charge on any atom is 0.223 e. The van der Waals surface area contributed by atoms with Gasteiger partial charge >= 0.3 is 0 Å².